The molecule has 2 heterocycles. The van der Waals surface area contributed by atoms with Crippen LogP contribution < -0.4 is 4.90 Å². The van der Waals surface area contributed by atoms with Gasteiger partial charge in [-0.2, -0.15) is 5.26 Å². The number of thioether (sulfide) groups is 1. The van der Waals surface area contributed by atoms with Gasteiger partial charge in [-0.15, -0.1) is 10.2 Å². The highest BCUT2D eigenvalue weighted by atomic mass is 35.5. The van der Waals surface area contributed by atoms with Gasteiger partial charge in [-0.25, -0.2) is 4.98 Å². The van der Waals surface area contributed by atoms with Crippen LogP contribution in [0.25, 0.3) is 33.6 Å². The van der Waals surface area contributed by atoms with E-state index in [1.165, 1.54) is 0 Å². The van der Waals surface area contributed by atoms with Crippen LogP contribution in [0.1, 0.15) is 6.42 Å². The summed E-state index contributed by atoms with van der Waals surface area (Å²) in [5, 5.41) is 19.2. The Balaban J connectivity index is 1.39. The number of hydrogen-bond acceptors (Lipinski definition) is 7. The molecule has 0 N–H and O–H groups in total. The van der Waals surface area contributed by atoms with E-state index in [2.05, 4.69) is 16.3 Å². The lowest BCUT2D eigenvalue weighted by Gasteiger charge is -2.21. The van der Waals surface area contributed by atoms with Crippen molar-refractivity contribution >= 4 is 45.9 Å². The molecule has 5 aromatic rings. The van der Waals surface area contributed by atoms with Gasteiger partial charge >= 0.3 is 0 Å². The molecule has 0 aliphatic rings. The van der Waals surface area contributed by atoms with E-state index in [9.17, 15) is 4.79 Å². The second kappa shape index (κ2) is 11.2. The fourth-order valence-electron chi connectivity index (χ4n) is 3.87. The highest BCUT2D eigenvalue weighted by molar-refractivity contribution is 7.99. The fraction of sp³-hybridized carbons (Fsp3) is 0.107. The minimum absolute atomic E-state index is 0.0923. The van der Waals surface area contributed by atoms with Gasteiger partial charge in [0, 0.05) is 28.2 Å². The van der Waals surface area contributed by atoms with Crippen LogP contribution in [0.15, 0.2) is 94.6 Å². The molecule has 7 nitrogen and oxygen atoms in total. The summed E-state index contributed by atoms with van der Waals surface area (Å²) in [5.41, 5.74) is 3.95. The average molecular weight is 526 g/mol. The number of carbonyl (C=O) groups is 1. The molecule has 0 aliphatic heterocycles. The molecular weight excluding hydrogens is 506 g/mol. The van der Waals surface area contributed by atoms with Crippen molar-refractivity contribution in [3.63, 3.8) is 0 Å². The number of rotatable bonds is 8. The molecule has 182 valence electrons. The van der Waals surface area contributed by atoms with Gasteiger partial charge in [0.2, 0.25) is 11.8 Å². The Hall–Kier alpha value is -4.19. The number of benzene rings is 3. The Kier molecular flexibility index (Phi) is 7.45. The Labute approximate surface area is 222 Å². The van der Waals surface area contributed by atoms with Crippen LogP contribution in [-0.2, 0) is 4.79 Å². The Morgan fingerprint density at radius 2 is 1.76 bits per heavy atom. The van der Waals surface area contributed by atoms with Crippen LogP contribution in [0.5, 0.6) is 0 Å². The van der Waals surface area contributed by atoms with Gasteiger partial charge in [0.15, 0.2) is 0 Å². The van der Waals surface area contributed by atoms with Crippen molar-refractivity contribution in [3.8, 4) is 28.8 Å². The summed E-state index contributed by atoms with van der Waals surface area (Å²) in [5.74, 6) is 0.286. The van der Waals surface area contributed by atoms with E-state index in [4.69, 9.17) is 26.3 Å². The number of para-hydroxylation sites is 2. The number of nitrogens with zero attached hydrogens (tertiary/aromatic N) is 5. The first kappa shape index (κ1) is 24.5. The maximum absolute atomic E-state index is 13.0. The summed E-state index contributed by atoms with van der Waals surface area (Å²) in [6, 6.07) is 28.5. The van der Waals surface area contributed by atoms with Gasteiger partial charge in [-0.3, -0.25) is 4.79 Å². The van der Waals surface area contributed by atoms with Crippen LogP contribution in [0.2, 0.25) is 5.02 Å². The molecule has 2 aromatic heterocycles. The van der Waals surface area contributed by atoms with Crippen molar-refractivity contribution < 1.29 is 9.21 Å². The summed E-state index contributed by atoms with van der Waals surface area (Å²) in [7, 11) is 0. The zero-order valence-corrected chi connectivity index (χ0v) is 21.1. The number of aromatic nitrogens is 3. The molecule has 0 radical (unpaired) electrons. The van der Waals surface area contributed by atoms with Crippen molar-refractivity contribution in [2.75, 3.05) is 17.2 Å². The van der Waals surface area contributed by atoms with Gasteiger partial charge in [-0.05, 0) is 36.4 Å². The highest BCUT2D eigenvalue weighted by Crippen LogP contribution is 2.33. The number of pyridine rings is 1. The predicted octanol–water partition coefficient (Wildman–Crippen LogP) is 6.64. The van der Waals surface area contributed by atoms with Crippen LogP contribution >= 0.6 is 23.4 Å². The van der Waals surface area contributed by atoms with Crippen molar-refractivity contribution in [1.82, 2.24) is 15.2 Å². The zero-order chi connectivity index (χ0) is 25.6. The summed E-state index contributed by atoms with van der Waals surface area (Å²) >= 11 is 7.22. The van der Waals surface area contributed by atoms with Gasteiger partial charge in [0.1, 0.15) is 0 Å². The van der Waals surface area contributed by atoms with E-state index < -0.39 is 0 Å². The number of halogens is 1. The molecule has 0 saturated carbocycles. The summed E-state index contributed by atoms with van der Waals surface area (Å²) in [6.07, 6.45) is 0.237. The number of hydrogen-bond donors (Lipinski definition) is 0. The van der Waals surface area contributed by atoms with E-state index in [-0.39, 0.29) is 23.3 Å². The number of fused-ring (bicyclic) bond motifs is 1. The average Bonchev–Trinajstić information content (AvgIpc) is 3.41. The number of carbonyl (C=O) groups excluding carboxylic acids is 1. The second-order valence-corrected chi connectivity index (χ2v) is 9.39. The van der Waals surface area contributed by atoms with E-state index >= 15 is 0 Å². The fourth-order valence-corrected chi connectivity index (χ4v) is 4.63. The van der Waals surface area contributed by atoms with Crippen LogP contribution in [-0.4, -0.2) is 33.4 Å². The smallest absolute Gasteiger partial charge is 0.277 e. The normalized spacial score (nSPS) is 10.8. The molecule has 0 bridgehead atoms. The third-order valence-electron chi connectivity index (χ3n) is 5.63. The standard InChI is InChI=1S/C28H20ClN5O2S/c29-20-13-11-19(12-14-20)25-17-23(22-9-4-5-10-24(22)31-25)27-32-33-28(36-27)37-18-26(35)34(16-6-15-30)21-7-2-1-3-8-21/h1-5,7-14,17H,6,16,18H2. The first-order valence-corrected chi connectivity index (χ1v) is 12.8. The quantitative estimate of drug-likeness (QED) is 0.209. The molecule has 9 heteroatoms. The van der Waals surface area contributed by atoms with Gasteiger partial charge < -0.3 is 9.32 Å². The highest BCUT2D eigenvalue weighted by Gasteiger charge is 2.19. The zero-order valence-electron chi connectivity index (χ0n) is 19.5. The van der Waals surface area contributed by atoms with E-state index in [1.54, 1.807) is 4.90 Å². The molecule has 1 amide bonds. The molecule has 0 fully saturated rings. The lowest BCUT2D eigenvalue weighted by atomic mass is 10.0. The number of nitriles is 1. The number of amides is 1. The summed E-state index contributed by atoms with van der Waals surface area (Å²) < 4.78 is 5.97. The number of anilines is 1. The lowest BCUT2D eigenvalue weighted by Crippen LogP contribution is -2.33. The Morgan fingerprint density at radius 1 is 1.00 bits per heavy atom. The third-order valence-corrected chi connectivity index (χ3v) is 6.68. The molecule has 0 unspecified atom stereocenters. The topological polar surface area (TPSA) is 95.9 Å². The molecular formula is C28H20ClN5O2S. The Morgan fingerprint density at radius 3 is 2.54 bits per heavy atom. The van der Waals surface area contributed by atoms with Gasteiger partial charge in [-0.1, -0.05) is 71.9 Å². The largest absolute Gasteiger partial charge is 0.411 e. The molecule has 0 saturated heterocycles. The molecule has 0 atom stereocenters. The lowest BCUT2D eigenvalue weighted by molar-refractivity contribution is -0.116. The van der Waals surface area contributed by atoms with Crippen molar-refractivity contribution in [2.45, 2.75) is 11.6 Å². The second-order valence-electron chi connectivity index (χ2n) is 8.03. The molecule has 3 aromatic carbocycles. The van der Waals surface area contributed by atoms with E-state index in [1.807, 2.05) is 84.9 Å². The van der Waals surface area contributed by atoms with Gasteiger partial charge in [0.25, 0.3) is 5.22 Å². The van der Waals surface area contributed by atoms with E-state index in [0.29, 0.717) is 17.5 Å². The monoisotopic (exact) mass is 525 g/mol. The summed E-state index contributed by atoms with van der Waals surface area (Å²) in [4.78, 5) is 19.4. The molecule has 0 spiro atoms. The Bertz CT molecular complexity index is 1580. The minimum atomic E-state index is -0.148. The SMILES string of the molecule is N#CCCN(C(=O)CSc1nnc(-c2cc(-c3ccc(Cl)cc3)nc3ccccc23)o1)c1ccccc1. The first-order valence-electron chi connectivity index (χ1n) is 11.5. The van der Waals surface area contributed by atoms with Crippen molar-refractivity contribution in [2.24, 2.45) is 0 Å². The molecule has 5 rings (SSSR count). The summed E-state index contributed by atoms with van der Waals surface area (Å²) in [6.45, 7) is 0.311. The molecule has 0 aliphatic carbocycles. The molecule has 37 heavy (non-hydrogen) atoms. The maximum atomic E-state index is 13.0. The third kappa shape index (κ3) is 5.64. The predicted molar refractivity (Wildman–Crippen MR) is 145 cm³/mol. The van der Waals surface area contributed by atoms with Crippen LogP contribution in [0.3, 0.4) is 0 Å². The van der Waals surface area contributed by atoms with Crippen LogP contribution in [0.4, 0.5) is 5.69 Å². The maximum Gasteiger partial charge on any atom is 0.277 e. The van der Waals surface area contributed by atoms with Crippen LogP contribution in [0, 0.1) is 11.3 Å². The van der Waals surface area contributed by atoms with E-state index in [0.717, 1.165) is 45.2 Å². The van der Waals surface area contributed by atoms with Gasteiger partial charge in [0.05, 0.1) is 35.0 Å². The minimum Gasteiger partial charge on any atom is -0.411 e. The van der Waals surface area contributed by atoms with Crippen molar-refractivity contribution in [3.05, 3.63) is 90.0 Å². The first-order chi connectivity index (χ1) is 18.1. The van der Waals surface area contributed by atoms with Crippen molar-refractivity contribution in [1.29, 1.82) is 5.26 Å².